The maximum atomic E-state index is 11.9. The molecule has 0 spiro atoms. The predicted molar refractivity (Wildman–Crippen MR) is 83.3 cm³/mol. The van der Waals surface area contributed by atoms with Crippen LogP contribution < -0.4 is 5.32 Å². The zero-order valence-corrected chi connectivity index (χ0v) is 14.1. The molecule has 20 heavy (non-hydrogen) atoms. The Labute approximate surface area is 132 Å². The lowest BCUT2D eigenvalue weighted by Crippen LogP contribution is -2.38. The molecule has 0 aliphatic heterocycles. The second-order valence-electron chi connectivity index (χ2n) is 5.12. The Hall–Kier alpha value is -1.31. The van der Waals surface area contributed by atoms with E-state index < -0.39 is 23.7 Å². The van der Waals surface area contributed by atoms with Crippen LogP contribution in [-0.4, -0.2) is 24.8 Å². The molecule has 0 aromatic heterocycles. The number of rotatable bonds is 3. The number of alkyl carbamates (subject to hydrolysis) is 1. The minimum atomic E-state index is -0.886. The van der Waals surface area contributed by atoms with Gasteiger partial charge in [0.05, 0.1) is 7.11 Å². The van der Waals surface area contributed by atoms with E-state index in [0.29, 0.717) is 5.56 Å². The second-order valence-corrected chi connectivity index (χ2v) is 6.29. The van der Waals surface area contributed by atoms with Gasteiger partial charge in [0.15, 0.2) is 6.04 Å². The van der Waals surface area contributed by atoms with Crippen LogP contribution in [0.5, 0.6) is 0 Å². The molecule has 1 atom stereocenters. The highest BCUT2D eigenvalue weighted by Crippen LogP contribution is 2.21. The Morgan fingerprint density at radius 2 is 1.85 bits per heavy atom. The van der Waals surface area contributed by atoms with E-state index in [4.69, 9.17) is 9.47 Å². The van der Waals surface area contributed by atoms with Gasteiger partial charge in [0.25, 0.3) is 0 Å². The summed E-state index contributed by atoms with van der Waals surface area (Å²) in [5, 5.41) is 2.54. The molecule has 0 radical (unpaired) electrons. The molecule has 0 bridgehead atoms. The van der Waals surface area contributed by atoms with Gasteiger partial charge < -0.3 is 14.8 Å². The van der Waals surface area contributed by atoms with Gasteiger partial charge in [-0.25, -0.2) is 9.59 Å². The molecule has 0 fully saturated rings. The van der Waals surface area contributed by atoms with E-state index >= 15 is 0 Å². The summed E-state index contributed by atoms with van der Waals surface area (Å²) >= 11 is 2.10. The van der Waals surface area contributed by atoms with Gasteiger partial charge in [0.1, 0.15) is 5.60 Å². The van der Waals surface area contributed by atoms with Crippen LogP contribution in [0, 0.1) is 3.57 Å². The van der Waals surface area contributed by atoms with Crippen molar-refractivity contribution in [1.82, 2.24) is 5.32 Å². The molecular weight excluding hydrogens is 373 g/mol. The summed E-state index contributed by atoms with van der Waals surface area (Å²) in [6.07, 6.45) is -0.660. The standard InChI is InChI=1S/C14H18INO4/c1-14(2,3)20-13(18)16-11(12(17)19-4)9-7-5-6-8-10(9)15/h5-8,11H,1-4H3,(H,16,18). The number of methoxy groups -OCH3 is 1. The molecule has 0 saturated heterocycles. The topological polar surface area (TPSA) is 64.6 Å². The number of nitrogens with one attached hydrogen (secondary N) is 1. The number of carbonyl (C=O) groups is 2. The highest BCUT2D eigenvalue weighted by molar-refractivity contribution is 14.1. The number of hydrogen-bond acceptors (Lipinski definition) is 4. The van der Waals surface area contributed by atoms with Gasteiger partial charge in [0, 0.05) is 3.57 Å². The van der Waals surface area contributed by atoms with E-state index in [1.807, 2.05) is 12.1 Å². The molecule has 5 nitrogen and oxygen atoms in total. The first kappa shape index (κ1) is 16.7. The first-order chi connectivity index (χ1) is 9.24. The molecule has 0 aliphatic carbocycles. The highest BCUT2D eigenvalue weighted by Gasteiger charge is 2.27. The van der Waals surface area contributed by atoms with Crippen molar-refractivity contribution in [3.05, 3.63) is 33.4 Å². The van der Waals surface area contributed by atoms with Crippen LogP contribution in [0.4, 0.5) is 4.79 Å². The molecule has 110 valence electrons. The van der Waals surface area contributed by atoms with Gasteiger partial charge >= 0.3 is 12.1 Å². The fourth-order valence-corrected chi connectivity index (χ4v) is 2.21. The number of ether oxygens (including phenoxy) is 2. The third-order valence-electron chi connectivity index (χ3n) is 2.31. The lowest BCUT2D eigenvalue weighted by atomic mass is 10.1. The van der Waals surface area contributed by atoms with Gasteiger partial charge in [-0.2, -0.15) is 0 Å². The van der Waals surface area contributed by atoms with Crippen LogP contribution in [0.25, 0.3) is 0 Å². The van der Waals surface area contributed by atoms with E-state index in [0.717, 1.165) is 3.57 Å². The molecule has 1 N–H and O–H groups in total. The van der Waals surface area contributed by atoms with Crippen molar-refractivity contribution in [1.29, 1.82) is 0 Å². The van der Waals surface area contributed by atoms with Gasteiger partial charge in [-0.05, 0) is 55.0 Å². The quantitative estimate of drug-likeness (QED) is 0.636. The maximum Gasteiger partial charge on any atom is 0.408 e. The Morgan fingerprint density at radius 1 is 1.25 bits per heavy atom. The lowest BCUT2D eigenvalue weighted by molar-refractivity contribution is -0.143. The highest BCUT2D eigenvalue weighted by atomic mass is 127. The summed E-state index contributed by atoms with van der Waals surface area (Å²) in [6.45, 7) is 5.27. The van der Waals surface area contributed by atoms with Crippen molar-refractivity contribution in [2.24, 2.45) is 0 Å². The second kappa shape index (κ2) is 6.92. The van der Waals surface area contributed by atoms with Crippen LogP contribution in [0.15, 0.2) is 24.3 Å². The minimum absolute atomic E-state index is 0.542. The fourth-order valence-electron chi connectivity index (χ4n) is 1.52. The number of halogens is 1. The lowest BCUT2D eigenvalue weighted by Gasteiger charge is -2.23. The Bertz CT molecular complexity index is 496. The first-order valence-corrected chi connectivity index (χ1v) is 7.14. The maximum absolute atomic E-state index is 11.9. The third-order valence-corrected chi connectivity index (χ3v) is 3.30. The summed E-state index contributed by atoms with van der Waals surface area (Å²) in [5.74, 6) is -0.542. The number of esters is 1. The summed E-state index contributed by atoms with van der Waals surface area (Å²) in [5.41, 5.74) is 0.0417. The first-order valence-electron chi connectivity index (χ1n) is 6.06. The van der Waals surface area contributed by atoms with E-state index in [1.165, 1.54) is 7.11 Å². The average molecular weight is 391 g/mol. The average Bonchev–Trinajstić information content (AvgIpc) is 2.34. The van der Waals surface area contributed by atoms with Crippen LogP contribution in [0.2, 0.25) is 0 Å². The van der Waals surface area contributed by atoms with Gasteiger partial charge in [0.2, 0.25) is 0 Å². The van der Waals surface area contributed by atoms with Crippen molar-refractivity contribution >= 4 is 34.7 Å². The molecule has 1 aromatic rings. The fraction of sp³-hybridized carbons (Fsp3) is 0.429. The van der Waals surface area contributed by atoms with Gasteiger partial charge in [-0.15, -0.1) is 0 Å². The van der Waals surface area contributed by atoms with Crippen molar-refractivity contribution in [3.63, 3.8) is 0 Å². The number of carbonyl (C=O) groups excluding carboxylic acids is 2. The summed E-state index contributed by atoms with van der Waals surface area (Å²) in [7, 11) is 1.28. The van der Waals surface area contributed by atoms with Gasteiger partial charge in [-0.1, -0.05) is 18.2 Å². The number of hydrogen-bond donors (Lipinski definition) is 1. The molecule has 1 unspecified atom stereocenters. The van der Waals surface area contributed by atoms with E-state index in [2.05, 4.69) is 27.9 Å². The van der Waals surface area contributed by atoms with Crippen molar-refractivity contribution in [2.45, 2.75) is 32.4 Å². The van der Waals surface area contributed by atoms with E-state index in [9.17, 15) is 9.59 Å². The van der Waals surface area contributed by atoms with Crippen molar-refractivity contribution < 1.29 is 19.1 Å². The predicted octanol–water partition coefficient (Wildman–Crippen LogP) is 3.03. The van der Waals surface area contributed by atoms with E-state index in [-0.39, 0.29) is 0 Å². The van der Waals surface area contributed by atoms with Crippen LogP contribution in [0.3, 0.4) is 0 Å². The molecule has 0 aliphatic rings. The molecule has 0 heterocycles. The number of benzene rings is 1. The molecule has 1 aromatic carbocycles. The van der Waals surface area contributed by atoms with Crippen LogP contribution in [-0.2, 0) is 14.3 Å². The summed E-state index contributed by atoms with van der Waals surface area (Å²) < 4.78 is 10.8. The Morgan fingerprint density at radius 3 is 2.35 bits per heavy atom. The normalized spacial score (nSPS) is 12.4. The van der Waals surface area contributed by atoms with Crippen molar-refractivity contribution in [3.8, 4) is 0 Å². The monoisotopic (exact) mass is 391 g/mol. The molecular formula is C14H18INO4. The molecule has 1 amide bonds. The van der Waals surface area contributed by atoms with E-state index in [1.54, 1.807) is 32.9 Å². The largest absolute Gasteiger partial charge is 0.467 e. The summed E-state index contributed by atoms with van der Waals surface area (Å²) in [4.78, 5) is 23.7. The Kier molecular flexibility index (Phi) is 5.79. The number of amides is 1. The smallest absolute Gasteiger partial charge is 0.408 e. The Balaban J connectivity index is 2.95. The third kappa shape index (κ3) is 4.99. The molecule has 6 heteroatoms. The molecule has 1 rings (SSSR count). The summed E-state index contributed by atoms with van der Waals surface area (Å²) in [6, 6.07) is 6.38. The SMILES string of the molecule is COC(=O)C(NC(=O)OC(C)(C)C)c1ccccc1I. The zero-order chi connectivity index (χ0) is 15.3. The molecule has 0 saturated carbocycles. The zero-order valence-electron chi connectivity index (χ0n) is 11.9. The minimum Gasteiger partial charge on any atom is -0.467 e. The van der Waals surface area contributed by atoms with Crippen LogP contribution in [0.1, 0.15) is 32.4 Å². The van der Waals surface area contributed by atoms with Gasteiger partial charge in [-0.3, -0.25) is 0 Å². The van der Waals surface area contributed by atoms with Crippen molar-refractivity contribution in [2.75, 3.05) is 7.11 Å². The van der Waals surface area contributed by atoms with Crippen LogP contribution >= 0.6 is 22.6 Å².